The highest BCUT2D eigenvalue weighted by atomic mass is 32.2. The molecule has 3 rings (SSSR count). The van der Waals surface area contributed by atoms with E-state index in [-0.39, 0.29) is 11.9 Å². The zero-order valence-electron chi connectivity index (χ0n) is 13.7. The molecule has 0 fully saturated rings. The number of aryl methyl sites for hydroxylation is 2. The Morgan fingerprint density at radius 2 is 1.96 bits per heavy atom. The molecule has 1 heterocycles. The van der Waals surface area contributed by atoms with Crippen LogP contribution < -0.4 is 5.32 Å². The molecule has 5 nitrogen and oxygen atoms in total. The van der Waals surface area contributed by atoms with Crippen molar-refractivity contribution in [1.29, 1.82) is 0 Å². The fourth-order valence-electron chi connectivity index (χ4n) is 2.28. The molecule has 0 radical (unpaired) electrons. The standard InChI is InChI=1S/C18H17N3O2S/c1-11-7-8-12(2)15(9-11)17-20-21-18(23-17)19-16(22)13-5-4-6-14(10-13)24-3/h4-10H,1-3H3,(H,19,21,22). The van der Waals surface area contributed by atoms with Gasteiger partial charge in [-0.15, -0.1) is 16.9 Å². The number of carbonyl (C=O) groups is 1. The second-order valence-corrected chi connectivity index (χ2v) is 6.30. The highest BCUT2D eigenvalue weighted by Gasteiger charge is 2.14. The van der Waals surface area contributed by atoms with Gasteiger partial charge in [-0.3, -0.25) is 10.1 Å². The molecule has 1 N–H and O–H groups in total. The van der Waals surface area contributed by atoms with Gasteiger partial charge >= 0.3 is 6.01 Å². The first-order valence-electron chi connectivity index (χ1n) is 7.43. The quantitative estimate of drug-likeness (QED) is 0.717. The summed E-state index contributed by atoms with van der Waals surface area (Å²) in [5, 5.41) is 10.6. The summed E-state index contributed by atoms with van der Waals surface area (Å²) in [6, 6.07) is 13.5. The van der Waals surface area contributed by atoms with Gasteiger partial charge in [0.25, 0.3) is 5.91 Å². The number of hydrogen-bond donors (Lipinski definition) is 1. The zero-order valence-corrected chi connectivity index (χ0v) is 14.5. The maximum absolute atomic E-state index is 12.3. The molecule has 0 aliphatic rings. The summed E-state index contributed by atoms with van der Waals surface area (Å²) < 4.78 is 5.59. The van der Waals surface area contributed by atoms with Crippen LogP contribution in [0.25, 0.3) is 11.5 Å². The van der Waals surface area contributed by atoms with Crippen molar-refractivity contribution in [2.75, 3.05) is 11.6 Å². The minimum atomic E-state index is -0.276. The number of nitrogens with one attached hydrogen (secondary N) is 1. The van der Waals surface area contributed by atoms with Crippen LogP contribution in [0, 0.1) is 13.8 Å². The van der Waals surface area contributed by atoms with Gasteiger partial charge in [0.15, 0.2) is 0 Å². The molecule has 0 bridgehead atoms. The first-order valence-corrected chi connectivity index (χ1v) is 8.66. The molecule has 0 aliphatic heterocycles. The fourth-order valence-corrected chi connectivity index (χ4v) is 2.74. The first-order chi connectivity index (χ1) is 11.6. The molecule has 2 aromatic carbocycles. The van der Waals surface area contributed by atoms with Gasteiger partial charge in [0.1, 0.15) is 0 Å². The zero-order chi connectivity index (χ0) is 17.1. The summed E-state index contributed by atoms with van der Waals surface area (Å²) in [6.07, 6.45) is 1.96. The van der Waals surface area contributed by atoms with Crippen LogP contribution in [-0.4, -0.2) is 22.4 Å². The van der Waals surface area contributed by atoms with Crippen molar-refractivity contribution in [2.45, 2.75) is 18.7 Å². The number of carbonyl (C=O) groups excluding carboxylic acids is 1. The molecule has 0 unspecified atom stereocenters. The second-order valence-electron chi connectivity index (χ2n) is 5.42. The van der Waals surface area contributed by atoms with Gasteiger partial charge in [-0.2, -0.15) is 0 Å². The highest BCUT2D eigenvalue weighted by Crippen LogP contribution is 2.25. The minimum Gasteiger partial charge on any atom is -0.403 e. The normalized spacial score (nSPS) is 10.6. The van der Waals surface area contributed by atoms with Gasteiger partial charge in [-0.25, -0.2) is 0 Å². The predicted molar refractivity (Wildman–Crippen MR) is 95.4 cm³/mol. The van der Waals surface area contributed by atoms with E-state index in [4.69, 9.17) is 4.42 Å². The van der Waals surface area contributed by atoms with Crippen molar-refractivity contribution in [3.8, 4) is 11.5 Å². The van der Waals surface area contributed by atoms with Gasteiger partial charge in [0, 0.05) is 16.0 Å². The Kier molecular flexibility index (Phi) is 4.66. The summed E-state index contributed by atoms with van der Waals surface area (Å²) in [7, 11) is 0. The van der Waals surface area contributed by atoms with Gasteiger partial charge in [0.2, 0.25) is 5.89 Å². The van der Waals surface area contributed by atoms with Gasteiger partial charge < -0.3 is 4.42 Å². The van der Waals surface area contributed by atoms with E-state index in [9.17, 15) is 4.79 Å². The van der Waals surface area contributed by atoms with Crippen LogP contribution in [-0.2, 0) is 0 Å². The number of nitrogens with zero attached hydrogens (tertiary/aromatic N) is 2. The molecule has 1 amide bonds. The molecule has 24 heavy (non-hydrogen) atoms. The lowest BCUT2D eigenvalue weighted by molar-refractivity contribution is 0.102. The van der Waals surface area contributed by atoms with E-state index in [1.54, 1.807) is 17.8 Å². The maximum Gasteiger partial charge on any atom is 0.322 e. The molecular formula is C18H17N3O2S. The average molecular weight is 339 g/mol. The Morgan fingerprint density at radius 1 is 1.12 bits per heavy atom. The van der Waals surface area contributed by atoms with Gasteiger partial charge in [-0.05, 0) is 49.9 Å². The third-order valence-corrected chi connectivity index (χ3v) is 4.33. The average Bonchev–Trinajstić information content (AvgIpc) is 3.05. The van der Waals surface area contributed by atoms with Crippen LogP contribution in [0.15, 0.2) is 51.8 Å². The van der Waals surface area contributed by atoms with Crippen LogP contribution in [0.3, 0.4) is 0 Å². The van der Waals surface area contributed by atoms with Crippen molar-refractivity contribution in [1.82, 2.24) is 10.2 Å². The molecule has 0 saturated carbocycles. The summed E-state index contributed by atoms with van der Waals surface area (Å²) in [4.78, 5) is 13.3. The Hall–Kier alpha value is -2.60. The molecule has 0 aliphatic carbocycles. The summed E-state index contributed by atoms with van der Waals surface area (Å²) in [5.74, 6) is 0.117. The van der Waals surface area contributed by atoms with E-state index in [2.05, 4.69) is 15.5 Å². The number of hydrogen-bond acceptors (Lipinski definition) is 5. The van der Waals surface area contributed by atoms with Crippen molar-refractivity contribution < 1.29 is 9.21 Å². The van der Waals surface area contributed by atoms with E-state index in [1.165, 1.54) is 0 Å². The maximum atomic E-state index is 12.3. The van der Waals surface area contributed by atoms with E-state index < -0.39 is 0 Å². The third-order valence-electron chi connectivity index (χ3n) is 3.60. The number of thioether (sulfide) groups is 1. The van der Waals surface area contributed by atoms with Crippen molar-refractivity contribution in [2.24, 2.45) is 0 Å². The molecule has 3 aromatic rings. The van der Waals surface area contributed by atoms with E-state index in [1.807, 2.05) is 56.5 Å². The van der Waals surface area contributed by atoms with E-state index >= 15 is 0 Å². The summed E-state index contributed by atoms with van der Waals surface area (Å²) in [5.41, 5.74) is 3.56. The van der Waals surface area contributed by atoms with Gasteiger partial charge in [0.05, 0.1) is 0 Å². The Balaban J connectivity index is 1.81. The Morgan fingerprint density at radius 3 is 2.75 bits per heavy atom. The number of benzene rings is 2. The number of amides is 1. The van der Waals surface area contributed by atoms with E-state index in [0.717, 1.165) is 21.6 Å². The molecule has 0 spiro atoms. The van der Waals surface area contributed by atoms with Crippen LogP contribution in [0.4, 0.5) is 6.01 Å². The van der Waals surface area contributed by atoms with Crippen LogP contribution in [0.1, 0.15) is 21.5 Å². The smallest absolute Gasteiger partial charge is 0.322 e. The number of rotatable bonds is 4. The number of aromatic nitrogens is 2. The highest BCUT2D eigenvalue weighted by molar-refractivity contribution is 7.98. The topological polar surface area (TPSA) is 68.0 Å². The van der Waals surface area contributed by atoms with Gasteiger partial charge in [-0.1, -0.05) is 28.9 Å². The monoisotopic (exact) mass is 339 g/mol. The lowest BCUT2D eigenvalue weighted by Gasteiger charge is -2.03. The predicted octanol–water partition coefficient (Wildman–Crippen LogP) is 4.33. The molecule has 0 saturated heterocycles. The number of anilines is 1. The first kappa shape index (κ1) is 16.3. The molecule has 122 valence electrons. The third kappa shape index (κ3) is 3.49. The Labute approximate surface area is 144 Å². The van der Waals surface area contributed by atoms with E-state index in [0.29, 0.717) is 11.5 Å². The van der Waals surface area contributed by atoms with Crippen molar-refractivity contribution in [3.05, 3.63) is 59.2 Å². The molecule has 6 heteroatoms. The molecule has 1 aromatic heterocycles. The fraction of sp³-hybridized carbons (Fsp3) is 0.167. The van der Waals surface area contributed by atoms with Crippen LogP contribution >= 0.6 is 11.8 Å². The largest absolute Gasteiger partial charge is 0.403 e. The Bertz CT molecular complexity index is 889. The molecular weight excluding hydrogens is 322 g/mol. The van der Waals surface area contributed by atoms with Crippen molar-refractivity contribution in [3.63, 3.8) is 0 Å². The molecule has 0 atom stereocenters. The SMILES string of the molecule is CSc1cccc(C(=O)Nc2nnc(-c3cc(C)ccc3C)o2)c1. The van der Waals surface area contributed by atoms with Crippen LogP contribution in [0.5, 0.6) is 0 Å². The summed E-state index contributed by atoms with van der Waals surface area (Å²) in [6.45, 7) is 3.98. The van der Waals surface area contributed by atoms with Crippen molar-refractivity contribution >= 4 is 23.7 Å². The lowest BCUT2D eigenvalue weighted by Crippen LogP contribution is -2.12. The lowest BCUT2D eigenvalue weighted by atomic mass is 10.1. The second kappa shape index (κ2) is 6.88. The minimum absolute atomic E-state index is 0.0884. The summed E-state index contributed by atoms with van der Waals surface area (Å²) >= 11 is 1.58. The van der Waals surface area contributed by atoms with Crippen LogP contribution in [0.2, 0.25) is 0 Å².